The number of carbonyl (C=O) groups is 2. The average molecular weight is 217 g/mol. The number of benzene rings is 1. The van der Waals surface area contributed by atoms with Gasteiger partial charge in [-0.05, 0) is 5.56 Å². The van der Waals surface area contributed by atoms with Gasteiger partial charge in [0.1, 0.15) is 0 Å². The molecule has 1 aromatic carbocycles. The van der Waals surface area contributed by atoms with E-state index in [4.69, 9.17) is 5.26 Å². The van der Waals surface area contributed by atoms with E-state index in [1.807, 2.05) is 6.07 Å². The first-order valence-corrected chi connectivity index (χ1v) is 4.67. The molecule has 0 aliphatic rings. The summed E-state index contributed by atoms with van der Waals surface area (Å²) in [6, 6.07) is 9.00. The lowest BCUT2D eigenvalue weighted by molar-refractivity contribution is -0.136. The fourth-order valence-corrected chi connectivity index (χ4v) is 1.15. The van der Waals surface area contributed by atoms with Gasteiger partial charge in [-0.3, -0.25) is 15.0 Å². The van der Waals surface area contributed by atoms with Crippen LogP contribution in [0.2, 0.25) is 0 Å². The molecule has 1 N–H and O–H groups in total. The summed E-state index contributed by atoms with van der Waals surface area (Å²) in [6.45, 7) is 1.24. The van der Waals surface area contributed by atoms with E-state index in [-0.39, 0.29) is 6.42 Å². The number of nitrogens with one attached hydrogen (secondary N) is 1. The number of hydrogen-bond donors (Lipinski definition) is 1. The lowest BCUT2D eigenvalue weighted by atomic mass is 10.1. The molecule has 16 heavy (non-hydrogen) atoms. The van der Waals surface area contributed by atoms with Crippen LogP contribution in [0.1, 0.15) is 12.5 Å². The Kier molecular flexibility index (Phi) is 4.04. The van der Waals surface area contributed by atoms with Crippen molar-refractivity contribution in [1.29, 1.82) is 5.26 Å². The summed E-state index contributed by atoms with van der Waals surface area (Å²) in [6.07, 6.45) is 1.68. The Bertz CT molecular complexity index is 423. The average Bonchev–Trinajstić information content (AvgIpc) is 2.26. The quantitative estimate of drug-likeness (QED) is 0.447. The van der Waals surface area contributed by atoms with Crippen LogP contribution in [0.15, 0.2) is 30.3 Å². The SMILES string of the molecule is CC(=O)NN(C#N)C(=O)Cc1ccccc1. The lowest BCUT2D eigenvalue weighted by Gasteiger charge is -2.13. The highest BCUT2D eigenvalue weighted by molar-refractivity contribution is 5.83. The second-order valence-corrected chi connectivity index (χ2v) is 3.16. The first-order valence-electron chi connectivity index (χ1n) is 4.67. The van der Waals surface area contributed by atoms with E-state index in [1.54, 1.807) is 30.5 Å². The maximum Gasteiger partial charge on any atom is 0.259 e. The molecule has 0 atom stereocenters. The van der Waals surface area contributed by atoms with Crippen molar-refractivity contribution in [2.75, 3.05) is 0 Å². The molecule has 1 rings (SSSR count). The van der Waals surface area contributed by atoms with E-state index >= 15 is 0 Å². The summed E-state index contributed by atoms with van der Waals surface area (Å²) in [5, 5.41) is 9.30. The summed E-state index contributed by atoms with van der Waals surface area (Å²) in [5.41, 5.74) is 2.92. The molecule has 0 spiro atoms. The highest BCUT2D eigenvalue weighted by atomic mass is 16.2. The zero-order chi connectivity index (χ0) is 12.0. The molecule has 0 saturated carbocycles. The molecule has 0 fully saturated rings. The highest BCUT2D eigenvalue weighted by Crippen LogP contribution is 2.01. The van der Waals surface area contributed by atoms with Crippen molar-refractivity contribution in [1.82, 2.24) is 10.4 Å². The van der Waals surface area contributed by atoms with Gasteiger partial charge in [0.05, 0.1) is 6.42 Å². The predicted octanol–water partition coefficient (Wildman–Crippen LogP) is 0.590. The van der Waals surface area contributed by atoms with Gasteiger partial charge in [0.25, 0.3) is 5.91 Å². The minimum atomic E-state index is -0.469. The molecule has 0 radical (unpaired) electrons. The van der Waals surface area contributed by atoms with Crippen LogP contribution in [0, 0.1) is 11.5 Å². The Morgan fingerprint density at radius 3 is 2.50 bits per heavy atom. The van der Waals surface area contributed by atoms with Crippen LogP contribution in [0.25, 0.3) is 0 Å². The monoisotopic (exact) mass is 217 g/mol. The fraction of sp³-hybridized carbons (Fsp3) is 0.182. The largest absolute Gasteiger partial charge is 0.274 e. The molecule has 0 heterocycles. The van der Waals surface area contributed by atoms with Gasteiger partial charge in [0.15, 0.2) is 0 Å². The van der Waals surface area contributed by atoms with Crippen LogP contribution in [0.5, 0.6) is 0 Å². The van der Waals surface area contributed by atoms with Crippen molar-refractivity contribution in [3.8, 4) is 6.19 Å². The van der Waals surface area contributed by atoms with Crippen LogP contribution in [-0.4, -0.2) is 16.8 Å². The van der Waals surface area contributed by atoms with Crippen molar-refractivity contribution in [3.05, 3.63) is 35.9 Å². The summed E-state index contributed by atoms with van der Waals surface area (Å²) in [7, 11) is 0. The molecule has 5 heteroatoms. The van der Waals surface area contributed by atoms with Gasteiger partial charge in [-0.1, -0.05) is 30.3 Å². The Balaban J connectivity index is 2.64. The predicted molar refractivity (Wildman–Crippen MR) is 56.4 cm³/mol. The number of hydrogen-bond acceptors (Lipinski definition) is 3. The molecule has 0 aliphatic heterocycles. The molecular weight excluding hydrogens is 206 g/mol. The van der Waals surface area contributed by atoms with Gasteiger partial charge in [-0.25, -0.2) is 0 Å². The van der Waals surface area contributed by atoms with E-state index in [0.717, 1.165) is 5.56 Å². The van der Waals surface area contributed by atoms with Gasteiger partial charge in [0.2, 0.25) is 12.1 Å². The fourth-order valence-electron chi connectivity index (χ4n) is 1.15. The van der Waals surface area contributed by atoms with Crippen molar-refractivity contribution in [2.45, 2.75) is 13.3 Å². The molecule has 0 unspecified atom stereocenters. The van der Waals surface area contributed by atoms with Crippen molar-refractivity contribution >= 4 is 11.8 Å². The van der Waals surface area contributed by atoms with Crippen molar-refractivity contribution in [2.24, 2.45) is 0 Å². The first kappa shape index (κ1) is 11.7. The summed E-state index contributed by atoms with van der Waals surface area (Å²) in [5.74, 6) is -0.924. The summed E-state index contributed by atoms with van der Waals surface area (Å²) in [4.78, 5) is 22.3. The molecule has 0 bridgehead atoms. The van der Waals surface area contributed by atoms with E-state index < -0.39 is 11.8 Å². The maximum absolute atomic E-state index is 11.6. The third-order valence-electron chi connectivity index (χ3n) is 1.82. The number of hydrazine groups is 1. The molecule has 0 aliphatic carbocycles. The number of carbonyl (C=O) groups excluding carboxylic acids is 2. The number of rotatable bonds is 2. The van der Waals surface area contributed by atoms with Gasteiger partial charge >= 0.3 is 0 Å². The standard InChI is InChI=1S/C11H11N3O2/c1-9(15)13-14(8-12)11(16)7-10-5-3-2-4-6-10/h2-6H,7H2,1H3,(H,13,15). The Hall–Kier alpha value is -2.35. The maximum atomic E-state index is 11.6. The summed E-state index contributed by atoms with van der Waals surface area (Å²) >= 11 is 0. The molecule has 0 aromatic heterocycles. The molecular formula is C11H11N3O2. The van der Waals surface area contributed by atoms with Crippen LogP contribution in [0.3, 0.4) is 0 Å². The second kappa shape index (κ2) is 5.51. The number of nitriles is 1. The van der Waals surface area contributed by atoms with Gasteiger partial charge in [-0.15, -0.1) is 0 Å². The van der Waals surface area contributed by atoms with Gasteiger partial charge in [-0.2, -0.15) is 10.3 Å². The molecule has 0 saturated heterocycles. The minimum absolute atomic E-state index is 0.0781. The zero-order valence-corrected chi connectivity index (χ0v) is 8.80. The van der Waals surface area contributed by atoms with Crippen molar-refractivity contribution in [3.63, 3.8) is 0 Å². The normalized spacial score (nSPS) is 9.00. The van der Waals surface area contributed by atoms with E-state index in [9.17, 15) is 9.59 Å². The summed E-state index contributed by atoms with van der Waals surface area (Å²) < 4.78 is 0. The van der Waals surface area contributed by atoms with E-state index in [2.05, 4.69) is 5.43 Å². The number of nitrogens with zero attached hydrogens (tertiary/aromatic N) is 2. The van der Waals surface area contributed by atoms with Crippen LogP contribution < -0.4 is 5.43 Å². The van der Waals surface area contributed by atoms with Gasteiger partial charge < -0.3 is 0 Å². The lowest BCUT2D eigenvalue weighted by Crippen LogP contribution is -2.42. The van der Waals surface area contributed by atoms with Crippen LogP contribution >= 0.6 is 0 Å². The van der Waals surface area contributed by atoms with E-state index in [0.29, 0.717) is 5.01 Å². The topological polar surface area (TPSA) is 73.2 Å². The third kappa shape index (κ3) is 3.42. The first-order chi connectivity index (χ1) is 7.63. The second-order valence-electron chi connectivity index (χ2n) is 3.16. The Morgan fingerprint density at radius 1 is 1.38 bits per heavy atom. The molecule has 2 amide bonds. The van der Waals surface area contributed by atoms with Crippen molar-refractivity contribution < 1.29 is 9.59 Å². The Labute approximate surface area is 93.3 Å². The molecule has 5 nitrogen and oxygen atoms in total. The van der Waals surface area contributed by atoms with E-state index in [1.165, 1.54) is 6.92 Å². The van der Waals surface area contributed by atoms with Gasteiger partial charge in [0, 0.05) is 6.92 Å². The van der Waals surface area contributed by atoms with Crippen LogP contribution in [-0.2, 0) is 16.0 Å². The zero-order valence-electron chi connectivity index (χ0n) is 8.80. The smallest absolute Gasteiger partial charge is 0.259 e. The van der Waals surface area contributed by atoms with Crippen LogP contribution in [0.4, 0.5) is 0 Å². The Morgan fingerprint density at radius 2 is 2.00 bits per heavy atom. The number of amides is 2. The molecule has 1 aromatic rings. The third-order valence-corrected chi connectivity index (χ3v) is 1.82. The highest BCUT2D eigenvalue weighted by Gasteiger charge is 2.14. The molecule has 82 valence electrons. The minimum Gasteiger partial charge on any atom is -0.274 e.